The number of hydrogen-bond donors (Lipinski definition) is 1. The highest BCUT2D eigenvalue weighted by Gasteiger charge is 2.25. The zero-order chi connectivity index (χ0) is 15.3. The molecule has 0 radical (unpaired) electrons. The molecule has 4 heteroatoms. The maximum Gasteiger partial charge on any atom is 0.251 e. The minimum atomic E-state index is -0.602. The van der Waals surface area contributed by atoms with Crippen LogP contribution in [0.1, 0.15) is 38.1 Å². The van der Waals surface area contributed by atoms with E-state index in [9.17, 15) is 9.18 Å². The van der Waals surface area contributed by atoms with Gasteiger partial charge in [-0.1, -0.05) is 19.8 Å². The standard InChI is InChI=1S/C16H20FNO2/c1-6-9-20-14-8-7-12(10-13(14)17)15(19)18-16(4,5)11(2)3/h1,7-8,10-11H,9H2,2-5H3,(H,18,19). The van der Waals surface area contributed by atoms with Crippen molar-refractivity contribution in [1.29, 1.82) is 0 Å². The van der Waals surface area contributed by atoms with Crippen LogP contribution in [0.25, 0.3) is 0 Å². The maximum atomic E-state index is 13.8. The van der Waals surface area contributed by atoms with Gasteiger partial charge in [-0.25, -0.2) is 4.39 Å². The van der Waals surface area contributed by atoms with Crippen LogP contribution >= 0.6 is 0 Å². The fraction of sp³-hybridized carbons (Fsp3) is 0.438. The molecule has 0 aliphatic carbocycles. The van der Waals surface area contributed by atoms with E-state index < -0.39 is 5.82 Å². The summed E-state index contributed by atoms with van der Waals surface area (Å²) in [6, 6.07) is 4.07. The second kappa shape index (κ2) is 6.42. The molecule has 1 amide bonds. The summed E-state index contributed by atoms with van der Waals surface area (Å²) < 4.78 is 18.8. The van der Waals surface area contributed by atoms with Crippen LogP contribution in [0.3, 0.4) is 0 Å². The second-order valence-corrected chi connectivity index (χ2v) is 5.47. The van der Waals surface area contributed by atoms with Crippen molar-refractivity contribution in [2.24, 2.45) is 5.92 Å². The van der Waals surface area contributed by atoms with E-state index in [1.54, 1.807) is 0 Å². The van der Waals surface area contributed by atoms with E-state index >= 15 is 0 Å². The number of rotatable bonds is 5. The molecule has 1 N–H and O–H groups in total. The van der Waals surface area contributed by atoms with Crippen molar-refractivity contribution in [3.05, 3.63) is 29.6 Å². The van der Waals surface area contributed by atoms with Crippen LogP contribution in [0.2, 0.25) is 0 Å². The number of benzene rings is 1. The lowest BCUT2D eigenvalue weighted by atomic mass is 9.90. The lowest BCUT2D eigenvalue weighted by molar-refractivity contribution is 0.0889. The van der Waals surface area contributed by atoms with Crippen molar-refractivity contribution in [3.8, 4) is 18.1 Å². The Bertz CT molecular complexity index is 530. The van der Waals surface area contributed by atoms with E-state index in [0.717, 1.165) is 6.07 Å². The fourth-order valence-corrected chi connectivity index (χ4v) is 1.39. The summed E-state index contributed by atoms with van der Waals surface area (Å²) in [5, 5.41) is 2.88. The molecule has 1 rings (SSSR count). The number of halogens is 1. The molecule has 1 aromatic rings. The molecule has 108 valence electrons. The van der Waals surface area contributed by atoms with Crippen LogP contribution < -0.4 is 10.1 Å². The number of carbonyl (C=O) groups is 1. The number of terminal acetylenes is 1. The number of hydrogen-bond acceptors (Lipinski definition) is 2. The SMILES string of the molecule is C#CCOc1ccc(C(=O)NC(C)(C)C(C)C)cc1F. The van der Waals surface area contributed by atoms with Gasteiger partial charge < -0.3 is 10.1 Å². The molecule has 0 bridgehead atoms. The third kappa shape index (κ3) is 3.99. The highest BCUT2D eigenvalue weighted by atomic mass is 19.1. The zero-order valence-electron chi connectivity index (χ0n) is 12.3. The van der Waals surface area contributed by atoms with Crippen molar-refractivity contribution < 1.29 is 13.9 Å². The zero-order valence-corrected chi connectivity index (χ0v) is 12.3. The summed E-state index contributed by atoms with van der Waals surface area (Å²) in [5.74, 6) is 1.64. The first kappa shape index (κ1) is 16.0. The van der Waals surface area contributed by atoms with Gasteiger partial charge in [-0.15, -0.1) is 6.42 Å². The normalized spacial score (nSPS) is 11.1. The highest BCUT2D eigenvalue weighted by molar-refractivity contribution is 5.94. The Morgan fingerprint density at radius 3 is 2.65 bits per heavy atom. The van der Waals surface area contributed by atoms with Gasteiger partial charge in [0.1, 0.15) is 6.61 Å². The summed E-state index contributed by atoms with van der Waals surface area (Å²) in [6.07, 6.45) is 5.04. The van der Waals surface area contributed by atoms with Crippen LogP contribution in [0.4, 0.5) is 4.39 Å². The van der Waals surface area contributed by atoms with Gasteiger partial charge in [0.15, 0.2) is 11.6 Å². The lowest BCUT2D eigenvalue weighted by Crippen LogP contribution is -2.47. The molecule has 3 nitrogen and oxygen atoms in total. The maximum absolute atomic E-state index is 13.8. The molecular weight excluding hydrogens is 257 g/mol. The monoisotopic (exact) mass is 277 g/mol. The van der Waals surface area contributed by atoms with Gasteiger partial charge in [-0.3, -0.25) is 4.79 Å². The van der Waals surface area contributed by atoms with Crippen LogP contribution in [0.5, 0.6) is 5.75 Å². The number of carbonyl (C=O) groups excluding carboxylic acids is 1. The van der Waals surface area contributed by atoms with E-state index in [-0.39, 0.29) is 35.3 Å². The predicted octanol–water partition coefficient (Wildman–Crippen LogP) is 3.00. The average Bonchev–Trinajstić information content (AvgIpc) is 2.36. The van der Waals surface area contributed by atoms with Crippen molar-refractivity contribution in [1.82, 2.24) is 5.32 Å². The Hall–Kier alpha value is -2.02. The molecule has 0 aliphatic heterocycles. The topological polar surface area (TPSA) is 38.3 Å². The molecule has 0 heterocycles. The van der Waals surface area contributed by atoms with Gasteiger partial charge >= 0.3 is 0 Å². The van der Waals surface area contributed by atoms with Gasteiger partial charge in [-0.05, 0) is 38.0 Å². The van der Waals surface area contributed by atoms with Crippen LogP contribution in [0, 0.1) is 24.1 Å². The number of nitrogens with one attached hydrogen (secondary N) is 1. The minimum Gasteiger partial charge on any atom is -0.478 e. The van der Waals surface area contributed by atoms with Crippen molar-refractivity contribution in [2.45, 2.75) is 33.2 Å². The van der Waals surface area contributed by atoms with Crippen LogP contribution in [-0.2, 0) is 0 Å². The van der Waals surface area contributed by atoms with Gasteiger partial charge in [0.05, 0.1) is 0 Å². The molecular formula is C16H20FNO2. The van der Waals surface area contributed by atoms with Crippen molar-refractivity contribution >= 4 is 5.91 Å². The Balaban J connectivity index is 2.85. The number of ether oxygens (including phenoxy) is 1. The van der Waals surface area contributed by atoms with Gasteiger partial charge in [0, 0.05) is 11.1 Å². The molecule has 0 atom stereocenters. The molecule has 0 spiro atoms. The smallest absolute Gasteiger partial charge is 0.251 e. The third-order valence-corrected chi connectivity index (χ3v) is 3.38. The molecule has 0 saturated carbocycles. The van der Waals surface area contributed by atoms with Gasteiger partial charge in [0.25, 0.3) is 5.91 Å². The molecule has 0 aliphatic rings. The Morgan fingerprint density at radius 2 is 2.15 bits per heavy atom. The molecule has 0 fully saturated rings. The van der Waals surface area contributed by atoms with Crippen LogP contribution in [-0.4, -0.2) is 18.1 Å². The van der Waals surface area contributed by atoms with E-state index in [1.807, 2.05) is 27.7 Å². The molecule has 20 heavy (non-hydrogen) atoms. The first-order valence-corrected chi connectivity index (χ1v) is 6.46. The molecule has 0 saturated heterocycles. The third-order valence-electron chi connectivity index (χ3n) is 3.38. The number of amides is 1. The van der Waals surface area contributed by atoms with E-state index in [2.05, 4.69) is 11.2 Å². The molecule has 0 aromatic heterocycles. The lowest BCUT2D eigenvalue weighted by Gasteiger charge is -2.30. The van der Waals surface area contributed by atoms with Crippen LogP contribution in [0.15, 0.2) is 18.2 Å². The van der Waals surface area contributed by atoms with Gasteiger partial charge in [0.2, 0.25) is 0 Å². The first-order chi connectivity index (χ1) is 9.27. The Morgan fingerprint density at radius 1 is 1.50 bits per heavy atom. The Kier molecular flexibility index (Phi) is 5.15. The molecule has 0 unspecified atom stereocenters. The summed E-state index contributed by atoms with van der Waals surface area (Å²) in [4.78, 5) is 12.1. The average molecular weight is 277 g/mol. The quantitative estimate of drug-likeness (QED) is 0.840. The largest absolute Gasteiger partial charge is 0.478 e. The molecule has 1 aromatic carbocycles. The second-order valence-electron chi connectivity index (χ2n) is 5.47. The minimum absolute atomic E-state index is 0.0111. The van der Waals surface area contributed by atoms with Crippen molar-refractivity contribution in [3.63, 3.8) is 0 Å². The summed E-state index contributed by atoms with van der Waals surface area (Å²) in [7, 11) is 0. The summed E-state index contributed by atoms with van der Waals surface area (Å²) in [6.45, 7) is 7.87. The fourth-order valence-electron chi connectivity index (χ4n) is 1.39. The predicted molar refractivity (Wildman–Crippen MR) is 77.1 cm³/mol. The van der Waals surface area contributed by atoms with Crippen molar-refractivity contribution in [2.75, 3.05) is 6.61 Å². The Labute approximate surface area is 119 Å². The van der Waals surface area contributed by atoms with E-state index in [4.69, 9.17) is 11.2 Å². The van der Waals surface area contributed by atoms with Gasteiger partial charge in [-0.2, -0.15) is 0 Å². The first-order valence-electron chi connectivity index (χ1n) is 6.46. The van der Waals surface area contributed by atoms with E-state index in [1.165, 1.54) is 12.1 Å². The van der Waals surface area contributed by atoms with E-state index in [0.29, 0.717) is 0 Å². The summed E-state index contributed by atoms with van der Waals surface area (Å²) >= 11 is 0. The summed E-state index contributed by atoms with van der Waals surface area (Å²) in [5.41, 5.74) is -0.115. The highest BCUT2D eigenvalue weighted by Crippen LogP contribution is 2.20.